The number of hydrogen-bond acceptors (Lipinski definition) is 2. The molecule has 0 atom stereocenters. The van der Waals surface area contributed by atoms with Crippen LogP contribution >= 0.6 is 0 Å². The van der Waals surface area contributed by atoms with E-state index in [1.165, 1.54) is 33.4 Å². The summed E-state index contributed by atoms with van der Waals surface area (Å²) in [5.74, 6) is 1.94. The van der Waals surface area contributed by atoms with Crippen LogP contribution in [0.4, 0.5) is 0 Å². The highest BCUT2D eigenvalue weighted by Gasteiger charge is 2.56. The molecule has 0 unspecified atom stereocenters. The fourth-order valence-corrected chi connectivity index (χ4v) is 6.63. The first-order chi connectivity index (χ1) is 14.8. The molecule has 0 amide bonds. The zero-order valence-electron chi connectivity index (χ0n) is 18.9. The minimum absolute atomic E-state index is 0.00876. The monoisotopic (exact) mass is 410 g/mol. The first-order valence-electron chi connectivity index (χ1n) is 11.4. The Morgan fingerprint density at radius 1 is 0.581 bits per heavy atom. The third-order valence-corrected chi connectivity index (χ3v) is 7.76. The van der Waals surface area contributed by atoms with Crippen molar-refractivity contribution in [1.82, 2.24) is 0 Å². The second kappa shape index (κ2) is 6.16. The Morgan fingerprint density at radius 3 is 1.55 bits per heavy atom. The standard InChI is InChI=1S/C29H30O2/c1-27(2)17-29-18-28(3,4)24-11-9-22(14-26(24)29)31-16-20-7-5-6-19(12-20)15-30-21-8-10-23(27)25(29)13-21/h5-14H,15-18H2,1-4H3. The zero-order valence-corrected chi connectivity index (χ0v) is 18.9. The minimum atomic E-state index is 0.00876. The lowest BCUT2D eigenvalue weighted by Crippen LogP contribution is -2.27. The van der Waals surface area contributed by atoms with Crippen LogP contribution < -0.4 is 9.47 Å². The third kappa shape index (κ3) is 2.77. The molecule has 31 heavy (non-hydrogen) atoms. The summed E-state index contributed by atoms with van der Waals surface area (Å²) in [5.41, 5.74) is 8.43. The first-order valence-corrected chi connectivity index (χ1v) is 11.4. The Labute approximate surface area is 185 Å². The Morgan fingerprint density at radius 2 is 1.06 bits per heavy atom. The summed E-state index contributed by atoms with van der Waals surface area (Å²) in [7, 11) is 0. The van der Waals surface area contributed by atoms with Gasteiger partial charge in [-0.05, 0) is 87.4 Å². The summed E-state index contributed by atoms with van der Waals surface area (Å²) in [6.45, 7) is 10.7. The average Bonchev–Trinajstić information content (AvgIpc) is 3.10. The topological polar surface area (TPSA) is 18.5 Å². The van der Waals surface area contributed by atoms with E-state index in [1.807, 2.05) is 0 Å². The molecule has 3 aromatic carbocycles. The van der Waals surface area contributed by atoms with Crippen molar-refractivity contribution in [2.45, 2.75) is 70.0 Å². The SMILES string of the molecule is CC1(C)CC23CC(C)(C)c4ccc(cc42)OCc2cccc(c2)COc2ccc1c3c2. The quantitative estimate of drug-likeness (QED) is 0.405. The van der Waals surface area contributed by atoms with Crippen molar-refractivity contribution in [3.8, 4) is 11.5 Å². The van der Waals surface area contributed by atoms with Crippen molar-refractivity contribution in [2.24, 2.45) is 0 Å². The van der Waals surface area contributed by atoms with Gasteiger partial charge in [-0.25, -0.2) is 0 Å². The van der Waals surface area contributed by atoms with Crippen molar-refractivity contribution >= 4 is 0 Å². The summed E-state index contributed by atoms with van der Waals surface area (Å²) in [5, 5.41) is 0. The fourth-order valence-electron chi connectivity index (χ4n) is 6.63. The van der Waals surface area contributed by atoms with E-state index in [9.17, 15) is 0 Å². The summed E-state index contributed by atoms with van der Waals surface area (Å²) in [6.07, 6.45) is 2.25. The van der Waals surface area contributed by atoms with Gasteiger partial charge in [0.2, 0.25) is 0 Å². The molecule has 2 nitrogen and oxygen atoms in total. The van der Waals surface area contributed by atoms with Crippen LogP contribution in [-0.4, -0.2) is 0 Å². The minimum Gasteiger partial charge on any atom is -0.489 e. The highest BCUT2D eigenvalue weighted by molar-refractivity contribution is 5.61. The second-order valence-corrected chi connectivity index (χ2v) is 11.0. The molecule has 0 fully saturated rings. The summed E-state index contributed by atoms with van der Waals surface area (Å²) in [4.78, 5) is 0. The van der Waals surface area contributed by atoms with Gasteiger partial charge in [-0.15, -0.1) is 0 Å². The van der Waals surface area contributed by atoms with Crippen molar-refractivity contribution in [3.05, 3.63) is 94.0 Å². The van der Waals surface area contributed by atoms with E-state index >= 15 is 0 Å². The van der Waals surface area contributed by atoms with Gasteiger partial charge in [0.15, 0.2) is 0 Å². The van der Waals surface area contributed by atoms with Crippen molar-refractivity contribution in [2.75, 3.05) is 0 Å². The van der Waals surface area contributed by atoms with Gasteiger partial charge in [0, 0.05) is 5.41 Å². The number of ether oxygens (including phenoxy) is 2. The van der Waals surface area contributed by atoms with Gasteiger partial charge in [-0.1, -0.05) is 58.0 Å². The molecule has 158 valence electrons. The van der Waals surface area contributed by atoms with Gasteiger partial charge >= 0.3 is 0 Å². The maximum Gasteiger partial charge on any atom is 0.120 e. The van der Waals surface area contributed by atoms with E-state index < -0.39 is 0 Å². The lowest BCUT2D eigenvalue weighted by Gasteiger charge is -2.31. The Hall–Kier alpha value is -2.74. The van der Waals surface area contributed by atoms with Crippen LogP contribution in [0.15, 0.2) is 60.7 Å². The number of hydrogen-bond donors (Lipinski definition) is 0. The van der Waals surface area contributed by atoms with Gasteiger partial charge in [-0.2, -0.15) is 0 Å². The van der Waals surface area contributed by atoms with Crippen LogP contribution in [-0.2, 0) is 29.5 Å². The molecule has 6 bridgehead atoms. The highest BCUT2D eigenvalue weighted by Crippen LogP contribution is 2.63. The van der Waals surface area contributed by atoms with Crippen LogP contribution in [0.3, 0.4) is 0 Å². The molecule has 1 aliphatic heterocycles. The number of benzene rings is 3. The van der Waals surface area contributed by atoms with E-state index in [4.69, 9.17) is 9.47 Å². The number of rotatable bonds is 0. The molecule has 3 aromatic rings. The Kier molecular flexibility index (Phi) is 3.77. The molecular weight excluding hydrogens is 380 g/mol. The van der Waals surface area contributed by atoms with Crippen LogP contribution in [0.25, 0.3) is 0 Å². The predicted molar refractivity (Wildman–Crippen MR) is 124 cm³/mol. The van der Waals surface area contributed by atoms with Crippen molar-refractivity contribution in [3.63, 3.8) is 0 Å². The van der Waals surface area contributed by atoms with E-state index in [-0.39, 0.29) is 16.2 Å². The van der Waals surface area contributed by atoms with Gasteiger partial charge in [0.05, 0.1) is 0 Å². The molecule has 2 heteroatoms. The van der Waals surface area contributed by atoms with Gasteiger partial charge < -0.3 is 9.47 Å². The molecule has 6 rings (SSSR count). The van der Waals surface area contributed by atoms with Gasteiger partial charge in [0.1, 0.15) is 24.7 Å². The maximum atomic E-state index is 6.30. The van der Waals surface area contributed by atoms with Crippen LogP contribution in [0.2, 0.25) is 0 Å². The largest absolute Gasteiger partial charge is 0.489 e. The molecule has 1 heterocycles. The third-order valence-electron chi connectivity index (χ3n) is 7.76. The van der Waals surface area contributed by atoms with Gasteiger partial charge in [-0.3, -0.25) is 0 Å². The molecule has 0 radical (unpaired) electrons. The van der Waals surface area contributed by atoms with Crippen LogP contribution in [0.1, 0.15) is 73.9 Å². The second-order valence-electron chi connectivity index (χ2n) is 11.0. The van der Waals surface area contributed by atoms with E-state index in [0.717, 1.165) is 24.3 Å². The van der Waals surface area contributed by atoms with E-state index in [0.29, 0.717) is 13.2 Å². The Bertz CT molecular complexity index is 1110. The molecule has 0 aromatic heterocycles. The average molecular weight is 411 g/mol. The van der Waals surface area contributed by atoms with E-state index in [1.54, 1.807) is 0 Å². The summed E-state index contributed by atoms with van der Waals surface area (Å²) < 4.78 is 12.6. The number of fused-ring (bicyclic) bond motifs is 4. The summed E-state index contributed by atoms with van der Waals surface area (Å²) >= 11 is 0. The first kappa shape index (κ1) is 19.0. The summed E-state index contributed by atoms with van der Waals surface area (Å²) in [6, 6.07) is 22.1. The molecule has 1 spiro atoms. The highest BCUT2D eigenvalue weighted by atomic mass is 16.5. The maximum absolute atomic E-state index is 6.30. The molecule has 0 saturated heterocycles. The van der Waals surface area contributed by atoms with Crippen molar-refractivity contribution < 1.29 is 9.47 Å². The van der Waals surface area contributed by atoms with Gasteiger partial charge in [0.25, 0.3) is 0 Å². The Balaban J connectivity index is 1.60. The molecule has 3 aliphatic rings. The fraction of sp³-hybridized carbons (Fsp3) is 0.379. The molecule has 2 aliphatic carbocycles. The zero-order chi connectivity index (χ0) is 21.4. The van der Waals surface area contributed by atoms with E-state index in [2.05, 4.69) is 88.4 Å². The van der Waals surface area contributed by atoms with Crippen molar-refractivity contribution in [1.29, 1.82) is 0 Å². The van der Waals surface area contributed by atoms with Crippen LogP contribution in [0.5, 0.6) is 11.5 Å². The predicted octanol–water partition coefficient (Wildman–Crippen LogP) is 6.81. The normalized spacial score (nSPS) is 21.0. The lowest BCUT2D eigenvalue weighted by molar-refractivity contribution is 0.297. The van der Waals surface area contributed by atoms with Crippen LogP contribution in [0, 0.1) is 0 Å². The molecular formula is C29H30O2. The lowest BCUT2D eigenvalue weighted by atomic mass is 9.72. The smallest absolute Gasteiger partial charge is 0.120 e. The molecule has 0 N–H and O–H groups in total. The molecule has 0 saturated carbocycles.